The Morgan fingerprint density at radius 3 is 2.95 bits per heavy atom. The van der Waals surface area contributed by atoms with Crippen molar-refractivity contribution in [3.63, 3.8) is 0 Å². The summed E-state index contributed by atoms with van der Waals surface area (Å²) < 4.78 is 11.3. The third-order valence-corrected chi connectivity index (χ3v) is 4.18. The van der Waals surface area contributed by atoms with Crippen LogP contribution < -0.4 is 4.74 Å². The van der Waals surface area contributed by atoms with Crippen LogP contribution in [-0.4, -0.2) is 44.4 Å². The number of rotatable bonds is 7. The molecule has 4 heteroatoms. The van der Waals surface area contributed by atoms with Crippen LogP contribution >= 0.6 is 11.6 Å². The van der Waals surface area contributed by atoms with Crippen LogP contribution in [0.4, 0.5) is 0 Å². The van der Waals surface area contributed by atoms with Crippen molar-refractivity contribution in [2.45, 2.75) is 26.7 Å². The standard InChI is InChI=1S/C17H26ClNO2/c1-14-5-6-16(18)17(12-14)21-11-10-20-9-8-19-7-3-4-15(2)13-19/h5-6,12,15H,3-4,7-11,13H2,1-2H3. The van der Waals surface area contributed by atoms with Crippen molar-refractivity contribution < 1.29 is 9.47 Å². The molecule has 1 aromatic carbocycles. The summed E-state index contributed by atoms with van der Waals surface area (Å²) in [6.45, 7) is 9.72. The monoisotopic (exact) mass is 311 g/mol. The molecule has 1 atom stereocenters. The smallest absolute Gasteiger partial charge is 0.138 e. The molecule has 0 bridgehead atoms. The summed E-state index contributed by atoms with van der Waals surface area (Å²) in [4.78, 5) is 2.49. The Bertz CT molecular complexity index is 439. The Morgan fingerprint density at radius 2 is 2.14 bits per heavy atom. The van der Waals surface area contributed by atoms with Crippen molar-refractivity contribution in [2.75, 3.05) is 39.5 Å². The number of benzene rings is 1. The number of likely N-dealkylation sites (tertiary alicyclic amines) is 1. The van der Waals surface area contributed by atoms with Gasteiger partial charge in [-0.15, -0.1) is 0 Å². The molecule has 1 saturated heterocycles. The van der Waals surface area contributed by atoms with Crippen molar-refractivity contribution in [2.24, 2.45) is 5.92 Å². The van der Waals surface area contributed by atoms with Gasteiger partial charge in [-0.25, -0.2) is 0 Å². The van der Waals surface area contributed by atoms with E-state index in [1.165, 1.54) is 25.9 Å². The first-order valence-corrected chi connectivity index (χ1v) is 8.22. The van der Waals surface area contributed by atoms with E-state index in [0.717, 1.165) is 30.4 Å². The highest BCUT2D eigenvalue weighted by Crippen LogP contribution is 2.25. The fourth-order valence-electron chi connectivity index (χ4n) is 2.72. The molecular weight excluding hydrogens is 286 g/mol. The summed E-state index contributed by atoms with van der Waals surface area (Å²) in [7, 11) is 0. The van der Waals surface area contributed by atoms with Crippen LogP contribution in [0.25, 0.3) is 0 Å². The predicted molar refractivity (Wildman–Crippen MR) is 87.3 cm³/mol. The van der Waals surface area contributed by atoms with Crippen molar-refractivity contribution >= 4 is 11.6 Å². The number of aryl methyl sites for hydroxylation is 1. The van der Waals surface area contributed by atoms with Gasteiger partial charge in [0, 0.05) is 13.1 Å². The number of piperidine rings is 1. The van der Waals surface area contributed by atoms with Gasteiger partial charge in [0.1, 0.15) is 12.4 Å². The van der Waals surface area contributed by atoms with E-state index in [1.807, 2.05) is 25.1 Å². The van der Waals surface area contributed by atoms with Crippen LogP contribution in [0.1, 0.15) is 25.3 Å². The molecule has 1 heterocycles. The average Bonchev–Trinajstić information content (AvgIpc) is 2.46. The van der Waals surface area contributed by atoms with E-state index < -0.39 is 0 Å². The second-order valence-electron chi connectivity index (χ2n) is 5.94. The maximum absolute atomic E-state index is 6.08. The molecule has 0 amide bonds. The quantitative estimate of drug-likeness (QED) is 0.715. The first-order chi connectivity index (χ1) is 10.1. The van der Waals surface area contributed by atoms with Gasteiger partial charge in [-0.05, 0) is 49.9 Å². The third-order valence-electron chi connectivity index (χ3n) is 3.86. The molecule has 1 fully saturated rings. The van der Waals surface area contributed by atoms with Crippen LogP contribution in [0.2, 0.25) is 5.02 Å². The lowest BCUT2D eigenvalue weighted by molar-refractivity contribution is 0.0689. The summed E-state index contributed by atoms with van der Waals surface area (Å²) >= 11 is 6.08. The minimum Gasteiger partial charge on any atom is -0.490 e. The first-order valence-electron chi connectivity index (χ1n) is 7.84. The molecule has 1 aliphatic heterocycles. The second kappa shape index (κ2) is 8.62. The largest absolute Gasteiger partial charge is 0.490 e. The number of hydrogen-bond donors (Lipinski definition) is 0. The van der Waals surface area contributed by atoms with E-state index in [1.54, 1.807) is 0 Å². The zero-order valence-electron chi connectivity index (χ0n) is 13.1. The minimum absolute atomic E-state index is 0.541. The molecule has 1 unspecified atom stereocenters. The van der Waals surface area contributed by atoms with Gasteiger partial charge in [-0.3, -0.25) is 0 Å². The van der Waals surface area contributed by atoms with Gasteiger partial charge in [0.2, 0.25) is 0 Å². The van der Waals surface area contributed by atoms with E-state index in [2.05, 4.69) is 11.8 Å². The van der Waals surface area contributed by atoms with Crippen molar-refractivity contribution in [3.05, 3.63) is 28.8 Å². The molecule has 1 aliphatic rings. The second-order valence-corrected chi connectivity index (χ2v) is 6.35. The Labute approximate surface area is 133 Å². The molecule has 0 aromatic heterocycles. The van der Waals surface area contributed by atoms with Crippen LogP contribution in [0.5, 0.6) is 5.75 Å². The van der Waals surface area contributed by atoms with Gasteiger partial charge in [0.05, 0.1) is 18.2 Å². The van der Waals surface area contributed by atoms with Crippen LogP contribution in [0.3, 0.4) is 0 Å². The summed E-state index contributed by atoms with van der Waals surface area (Å²) in [5.74, 6) is 1.57. The molecule has 2 rings (SSSR count). The van der Waals surface area contributed by atoms with Gasteiger partial charge in [-0.2, -0.15) is 0 Å². The normalized spacial score (nSPS) is 19.7. The lowest BCUT2D eigenvalue weighted by atomic mass is 10.0. The van der Waals surface area contributed by atoms with Crippen molar-refractivity contribution in [1.82, 2.24) is 4.90 Å². The van der Waals surface area contributed by atoms with Crippen LogP contribution in [-0.2, 0) is 4.74 Å². The van der Waals surface area contributed by atoms with Gasteiger partial charge in [0.25, 0.3) is 0 Å². The molecule has 118 valence electrons. The van der Waals surface area contributed by atoms with E-state index >= 15 is 0 Å². The molecule has 3 nitrogen and oxygen atoms in total. The molecular formula is C17H26ClNO2. The summed E-state index contributed by atoms with van der Waals surface area (Å²) in [5.41, 5.74) is 1.15. The fourth-order valence-corrected chi connectivity index (χ4v) is 2.89. The van der Waals surface area contributed by atoms with E-state index in [-0.39, 0.29) is 0 Å². The number of ether oxygens (including phenoxy) is 2. The number of nitrogens with zero attached hydrogens (tertiary/aromatic N) is 1. The first kappa shape index (κ1) is 16.6. The highest BCUT2D eigenvalue weighted by molar-refractivity contribution is 6.32. The number of halogens is 1. The lowest BCUT2D eigenvalue weighted by Gasteiger charge is -2.30. The maximum atomic E-state index is 6.08. The highest BCUT2D eigenvalue weighted by atomic mass is 35.5. The Balaban J connectivity index is 1.56. The molecule has 0 saturated carbocycles. The average molecular weight is 312 g/mol. The fraction of sp³-hybridized carbons (Fsp3) is 0.647. The summed E-state index contributed by atoms with van der Waals surface area (Å²) in [6, 6.07) is 5.80. The van der Waals surface area contributed by atoms with Crippen molar-refractivity contribution in [3.8, 4) is 5.75 Å². The predicted octanol–water partition coefficient (Wildman–Crippen LogP) is 3.78. The van der Waals surface area contributed by atoms with Gasteiger partial charge in [-0.1, -0.05) is 24.6 Å². The topological polar surface area (TPSA) is 21.7 Å². The van der Waals surface area contributed by atoms with E-state index in [0.29, 0.717) is 18.2 Å². The van der Waals surface area contributed by atoms with Gasteiger partial charge >= 0.3 is 0 Å². The Morgan fingerprint density at radius 1 is 1.29 bits per heavy atom. The SMILES string of the molecule is Cc1ccc(Cl)c(OCCOCCN2CCCC(C)C2)c1. The van der Waals surface area contributed by atoms with E-state index in [4.69, 9.17) is 21.1 Å². The molecule has 0 radical (unpaired) electrons. The zero-order chi connectivity index (χ0) is 15.1. The Kier molecular flexibility index (Phi) is 6.81. The van der Waals surface area contributed by atoms with Gasteiger partial charge in [0.15, 0.2) is 0 Å². The molecule has 21 heavy (non-hydrogen) atoms. The lowest BCUT2D eigenvalue weighted by Crippen LogP contribution is -2.36. The van der Waals surface area contributed by atoms with Gasteiger partial charge < -0.3 is 14.4 Å². The highest BCUT2D eigenvalue weighted by Gasteiger charge is 2.15. The van der Waals surface area contributed by atoms with E-state index in [9.17, 15) is 0 Å². The minimum atomic E-state index is 0.541. The summed E-state index contributed by atoms with van der Waals surface area (Å²) in [6.07, 6.45) is 2.68. The Hall–Kier alpha value is -0.770. The maximum Gasteiger partial charge on any atom is 0.138 e. The number of hydrogen-bond acceptors (Lipinski definition) is 3. The van der Waals surface area contributed by atoms with Crippen LogP contribution in [0, 0.1) is 12.8 Å². The zero-order valence-corrected chi connectivity index (χ0v) is 13.9. The molecule has 0 N–H and O–H groups in total. The molecule has 1 aromatic rings. The molecule has 0 aliphatic carbocycles. The third kappa shape index (κ3) is 5.85. The van der Waals surface area contributed by atoms with Crippen LogP contribution in [0.15, 0.2) is 18.2 Å². The molecule has 0 spiro atoms. The van der Waals surface area contributed by atoms with Crippen molar-refractivity contribution in [1.29, 1.82) is 0 Å². The summed E-state index contributed by atoms with van der Waals surface area (Å²) in [5, 5.41) is 0.655.